The van der Waals surface area contributed by atoms with E-state index in [1.165, 1.54) is 18.2 Å². The Balaban J connectivity index is 2.32. The summed E-state index contributed by atoms with van der Waals surface area (Å²) in [5.74, 6) is -3.27. The highest BCUT2D eigenvalue weighted by Crippen LogP contribution is 2.27. The third kappa shape index (κ3) is 2.96. The van der Waals surface area contributed by atoms with Gasteiger partial charge in [-0.25, -0.2) is 13.2 Å². The monoisotopic (exact) mass is 329 g/mol. The van der Waals surface area contributed by atoms with Crippen LogP contribution in [0.25, 0.3) is 0 Å². The van der Waals surface area contributed by atoms with Crippen molar-refractivity contribution in [1.82, 2.24) is 0 Å². The van der Waals surface area contributed by atoms with E-state index in [0.29, 0.717) is 6.07 Å². The van der Waals surface area contributed by atoms with Crippen LogP contribution in [0.15, 0.2) is 40.9 Å². The summed E-state index contributed by atoms with van der Waals surface area (Å²) < 4.78 is 39.8. The third-order valence-corrected chi connectivity index (χ3v) is 2.99. The second-order valence-corrected chi connectivity index (χ2v) is 4.53. The first-order valence-corrected chi connectivity index (χ1v) is 5.99. The Morgan fingerprint density at radius 3 is 2.37 bits per heavy atom. The summed E-state index contributed by atoms with van der Waals surface area (Å²) in [7, 11) is 0. The van der Waals surface area contributed by atoms with Crippen LogP contribution < -0.4 is 5.32 Å². The van der Waals surface area contributed by atoms with Crippen molar-refractivity contribution in [3.63, 3.8) is 0 Å². The highest BCUT2D eigenvalue weighted by Gasteiger charge is 2.16. The summed E-state index contributed by atoms with van der Waals surface area (Å²) in [4.78, 5) is 11.8. The van der Waals surface area contributed by atoms with Crippen molar-refractivity contribution in [3.05, 3.63) is 63.9 Å². The minimum atomic E-state index is -0.948. The number of hydrogen-bond acceptors (Lipinski definition) is 1. The van der Waals surface area contributed by atoms with Gasteiger partial charge >= 0.3 is 0 Å². The molecule has 2 rings (SSSR count). The lowest BCUT2D eigenvalue weighted by Gasteiger charge is -2.09. The number of carbonyl (C=O) groups excluding carboxylic acids is 1. The SMILES string of the molecule is O=C(Nc1c(F)cc(F)cc1Br)c1ccccc1F. The van der Waals surface area contributed by atoms with Crippen molar-refractivity contribution in [1.29, 1.82) is 0 Å². The molecule has 1 amide bonds. The molecule has 0 fully saturated rings. The van der Waals surface area contributed by atoms with Gasteiger partial charge in [0, 0.05) is 10.5 Å². The largest absolute Gasteiger partial charge is 0.318 e. The maximum Gasteiger partial charge on any atom is 0.258 e. The van der Waals surface area contributed by atoms with Gasteiger partial charge in [-0.2, -0.15) is 0 Å². The molecule has 98 valence electrons. The summed E-state index contributed by atoms with van der Waals surface area (Å²) in [5, 5.41) is 2.20. The van der Waals surface area contributed by atoms with E-state index in [4.69, 9.17) is 0 Å². The molecule has 1 N–H and O–H groups in total. The number of anilines is 1. The van der Waals surface area contributed by atoms with Crippen LogP contribution in [0.5, 0.6) is 0 Å². The fourth-order valence-corrected chi connectivity index (χ4v) is 2.00. The number of nitrogens with one attached hydrogen (secondary N) is 1. The number of amides is 1. The normalized spacial score (nSPS) is 10.3. The summed E-state index contributed by atoms with van der Waals surface area (Å²) in [6.07, 6.45) is 0. The molecular formula is C13H7BrF3NO. The number of benzene rings is 2. The maximum atomic E-state index is 13.5. The Bertz CT molecular complexity index is 623. The molecule has 0 heterocycles. The zero-order valence-electron chi connectivity index (χ0n) is 9.38. The first-order valence-electron chi connectivity index (χ1n) is 5.19. The van der Waals surface area contributed by atoms with Gasteiger partial charge in [0.2, 0.25) is 0 Å². The van der Waals surface area contributed by atoms with Gasteiger partial charge in [-0.05, 0) is 34.1 Å². The Kier molecular flexibility index (Phi) is 3.90. The molecule has 0 spiro atoms. The standard InChI is InChI=1S/C13H7BrF3NO/c14-9-5-7(15)6-11(17)12(9)18-13(19)8-3-1-2-4-10(8)16/h1-6H,(H,18,19). The molecule has 0 unspecified atom stereocenters. The predicted octanol–water partition coefficient (Wildman–Crippen LogP) is 4.12. The fraction of sp³-hybridized carbons (Fsp3) is 0. The molecule has 2 nitrogen and oxygen atoms in total. The smallest absolute Gasteiger partial charge is 0.258 e. The van der Waals surface area contributed by atoms with Crippen molar-refractivity contribution in [3.8, 4) is 0 Å². The zero-order chi connectivity index (χ0) is 14.0. The molecule has 2 aromatic rings. The van der Waals surface area contributed by atoms with E-state index in [-0.39, 0.29) is 15.7 Å². The van der Waals surface area contributed by atoms with Crippen LogP contribution in [-0.4, -0.2) is 5.91 Å². The van der Waals surface area contributed by atoms with Gasteiger partial charge in [0.25, 0.3) is 5.91 Å². The van der Waals surface area contributed by atoms with Crippen LogP contribution in [0.1, 0.15) is 10.4 Å². The lowest BCUT2D eigenvalue weighted by Crippen LogP contribution is -2.15. The number of halogens is 4. The molecule has 0 radical (unpaired) electrons. The van der Waals surface area contributed by atoms with Gasteiger partial charge in [0.1, 0.15) is 11.6 Å². The number of rotatable bonds is 2. The Morgan fingerprint density at radius 1 is 1.05 bits per heavy atom. The van der Waals surface area contributed by atoms with Gasteiger partial charge < -0.3 is 5.32 Å². The molecule has 0 atom stereocenters. The molecule has 0 aliphatic rings. The summed E-state index contributed by atoms with van der Waals surface area (Å²) in [6, 6.07) is 6.92. The van der Waals surface area contributed by atoms with E-state index in [1.54, 1.807) is 0 Å². The minimum Gasteiger partial charge on any atom is -0.318 e. The third-order valence-electron chi connectivity index (χ3n) is 2.36. The molecule has 0 aliphatic carbocycles. The van der Waals surface area contributed by atoms with E-state index >= 15 is 0 Å². The molecule has 0 saturated heterocycles. The quantitative estimate of drug-likeness (QED) is 0.882. The topological polar surface area (TPSA) is 29.1 Å². The number of hydrogen-bond donors (Lipinski definition) is 1. The molecule has 6 heteroatoms. The van der Waals surface area contributed by atoms with E-state index in [1.807, 2.05) is 0 Å². The van der Waals surface area contributed by atoms with Gasteiger partial charge in [-0.1, -0.05) is 12.1 Å². The highest BCUT2D eigenvalue weighted by molar-refractivity contribution is 9.10. The zero-order valence-corrected chi connectivity index (χ0v) is 11.0. The van der Waals surface area contributed by atoms with Crippen molar-refractivity contribution >= 4 is 27.5 Å². The Labute approximate surface area is 115 Å². The van der Waals surface area contributed by atoms with E-state index in [2.05, 4.69) is 21.2 Å². The molecule has 0 saturated carbocycles. The van der Waals surface area contributed by atoms with Gasteiger partial charge in [-0.3, -0.25) is 4.79 Å². The van der Waals surface area contributed by atoms with Crippen LogP contribution in [0.4, 0.5) is 18.9 Å². The lowest BCUT2D eigenvalue weighted by molar-refractivity contribution is 0.102. The summed E-state index contributed by atoms with van der Waals surface area (Å²) in [6.45, 7) is 0. The molecule has 19 heavy (non-hydrogen) atoms. The van der Waals surface area contributed by atoms with Crippen molar-refractivity contribution in [2.45, 2.75) is 0 Å². The van der Waals surface area contributed by atoms with Crippen LogP contribution >= 0.6 is 15.9 Å². The molecule has 0 aliphatic heterocycles. The highest BCUT2D eigenvalue weighted by atomic mass is 79.9. The molecule has 0 bridgehead atoms. The fourth-order valence-electron chi connectivity index (χ4n) is 1.49. The van der Waals surface area contributed by atoms with Crippen LogP contribution in [0.3, 0.4) is 0 Å². The van der Waals surface area contributed by atoms with Crippen LogP contribution in [0.2, 0.25) is 0 Å². The van der Waals surface area contributed by atoms with E-state index in [9.17, 15) is 18.0 Å². The average molecular weight is 330 g/mol. The molecule has 0 aromatic heterocycles. The molecule has 2 aromatic carbocycles. The van der Waals surface area contributed by atoms with Gasteiger partial charge in [-0.15, -0.1) is 0 Å². The Hall–Kier alpha value is -1.82. The Morgan fingerprint density at radius 2 is 1.74 bits per heavy atom. The van der Waals surface area contributed by atoms with Gasteiger partial charge in [0.15, 0.2) is 5.82 Å². The second kappa shape index (κ2) is 5.44. The van der Waals surface area contributed by atoms with Crippen LogP contribution in [-0.2, 0) is 0 Å². The summed E-state index contributed by atoms with van der Waals surface area (Å²) >= 11 is 2.93. The van der Waals surface area contributed by atoms with Crippen molar-refractivity contribution < 1.29 is 18.0 Å². The van der Waals surface area contributed by atoms with Gasteiger partial charge in [0.05, 0.1) is 11.3 Å². The second-order valence-electron chi connectivity index (χ2n) is 3.68. The first kappa shape index (κ1) is 13.6. The lowest BCUT2D eigenvalue weighted by atomic mass is 10.2. The average Bonchev–Trinajstić information content (AvgIpc) is 2.34. The first-order chi connectivity index (χ1) is 8.99. The van der Waals surface area contributed by atoms with E-state index < -0.39 is 23.4 Å². The minimum absolute atomic E-state index is 0.0367. The summed E-state index contributed by atoms with van der Waals surface area (Å²) in [5.41, 5.74) is -0.465. The molecular weight excluding hydrogens is 323 g/mol. The predicted molar refractivity (Wildman–Crippen MR) is 68.4 cm³/mol. The van der Waals surface area contributed by atoms with Crippen molar-refractivity contribution in [2.24, 2.45) is 0 Å². The number of carbonyl (C=O) groups is 1. The van der Waals surface area contributed by atoms with E-state index in [0.717, 1.165) is 12.1 Å². The van der Waals surface area contributed by atoms with Crippen LogP contribution in [0, 0.1) is 17.5 Å². The maximum absolute atomic E-state index is 13.5. The van der Waals surface area contributed by atoms with Crippen molar-refractivity contribution in [2.75, 3.05) is 5.32 Å².